The van der Waals surface area contributed by atoms with Crippen LogP contribution in [-0.4, -0.2) is 43.5 Å². The minimum Gasteiger partial charge on any atom is -0.493 e. The van der Waals surface area contributed by atoms with E-state index in [2.05, 4.69) is 5.32 Å². The summed E-state index contributed by atoms with van der Waals surface area (Å²) in [4.78, 5) is 26.5. The minimum atomic E-state index is -0.398. The predicted octanol–water partition coefficient (Wildman–Crippen LogP) is 3.99. The summed E-state index contributed by atoms with van der Waals surface area (Å²) in [6.45, 7) is 0.468. The first-order chi connectivity index (χ1) is 14.8. The maximum Gasteiger partial charge on any atom is 0.222 e. The van der Waals surface area contributed by atoms with Crippen molar-refractivity contribution < 1.29 is 19.1 Å². The molecule has 166 valence electrons. The average Bonchev–Trinajstić information content (AvgIpc) is 3.14. The number of hydrogen-bond donors (Lipinski definition) is 1. The molecule has 1 aliphatic heterocycles. The zero-order valence-electron chi connectivity index (χ0n) is 18.2. The third-order valence-corrected chi connectivity index (χ3v) is 6.05. The smallest absolute Gasteiger partial charge is 0.222 e. The summed E-state index contributed by atoms with van der Waals surface area (Å²) in [6, 6.07) is 13.3. The van der Waals surface area contributed by atoms with Crippen LogP contribution in [0.4, 0.5) is 0 Å². The highest BCUT2D eigenvalue weighted by Crippen LogP contribution is 2.31. The maximum atomic E-state index is 12.8. The van der Waals surface area contributed by atoms with Crippen molar-refractivity contribution in [1.29, 1.82) is 0 Å². The minimum absolute atomic E-state index is 0.0337. The Bertz CT molecular complexity index is 932. The van der Waals surface area contributed by atoms with Crippen LogP contribution in [0.5, 0.6) is 11.5 Å². The van der Waals surface area contributed by atoms with Crippen LogP contribution >= 0.6 is 11.6 Å². The summed E-state index contributed by atoms with van der Waals surface area (Å²) < 4.78 is 10.6. The fourth-order valence-electron chi connectivity index (χ4n) is 4.05. The molecule has 0 spiro atoms. The molecule has 1 heterocycles. The van der Waals surface area contributed by atoms with E-state index in [-0.39, 0.29) is 11.8 Å². The molecule has 2 aromatic carbocycles. The highest BCUT2D eigenvalue weighted by atomic mass is 35.5. The van der Waals surface area contributed by atoms with Gasteiger partial charge in [0.2, 0.25) is 11.8 Å². The monoisotopic (exact) mass is 444 g/mol. The van der Waals surface area contributed by atoms with Crippen molar-refractivity contribution in [2.24, 2.45) is 0 Å². The first-order valence-electron chi connectivity index (χ1n) is 10.3. The predicted molar refractivity (Wildman–Crippen MR) is 121 cm³/mol. The number of nitrogens with one attached hydrogen (secondary N) is 1. The van der Waals surface area contributed by atoms with E-state index in [9.17, 15) is 9.59 Å². The normalized spacial score (nSPS) is 17.9. The fraction of sp³-hybridized carbons (Fsp3) is 0.417. The van der Waals surface area contributed by atoms with Crippen LogP contribution in [0, 0.1) is 0 Å². The lowest BCUT2D eigenvalue weighted by molar-refractivity contribution is -0.131. The number of methoxy groups -OCH3 is 2. The van der Waals surface area contributed by atoms with Gasteiger partial charge in [-0.15, -0.1) is 0 Å². The van der Waals surface area contributed by atoms with Crippen LogP contribution in [0.2, 0.25) is 5.02 Å². The van der Waals surface area contributed by atoms with E-state index in [0.29, 0.717) is 48.7 Å². The van der Waals surface area contributed by atoms with Crippen molar-refractivity contribution in [1.82, 2.24) is 10.2 Å². The maximum absolute atomic E-state index is 12.8. The molecule has 1 atom stereocenters. The topological polar surface area (TPSA) is 67.9 Å². The number of benzene rings is 2. The van der Waals surface area contributed by atoms with E-state index in [1.807, 2.05) is 42.5 Å². The van der Waals surface area contributed by atoms with Gasteiger partial charge in [0.15, 0.2) is 11.5 Å². The molecule has 2 aromatic rings. The molecule has 1 N–H and O–H groups in total. The third kappa shape index (κ3) is 5.91. The van der Waals surface area contributed by atoms with Crippen molar-refractivity contribution in [3.63, 3.8) is 0 Å². The van der Waals surface area contributed by atoms with Gasteiger partial charge in [-0.1, -0.05) is 29.8 Å². The second-order valence-electron chi connectivity index (χ2n) is 8.07. The molecule has 1 aliphatic rings. The number of rotatable bonds is 9. The molecule has 0 radical (unpaired) electrons. The molecule has 6 nitrogen and oxygen atoms in total. The number of halogens is 1. The Hall–Kier alpha value is -2.73. The van der Waals surface area contributed by atoms with E-state index >= 15 is 0 Å². The number of carbonyl (C=O) groups is 2. The Morgan fingerprint density at radius 1 is 1.10 bits per heavy atom. The van der Waals surface area contributed by atoms with Gasteiger partial charge < -0.3 is 19.7 Å². The Balaban J connectivity index is 1.62. The van der Waals surface area contributed by atoms with Gasteiger partial charge in [-0.25, -0.2) is 0 Å². The van der Waals surface area contributed by atoms with Gasteiger partial charge in [-0.3, -0.25) is 9.59 Å². The van der Waals surface area contributed by atoms with E-state index in [1.165, 1.54) is 0 Å². The van der Waals surface area contributed by atoms with Crippen molar-refractivity contribution in [2.45, 2.75) is 44.2 Å². The number of ether oxygens (including phenoxy) is 2. The average molecular weight is 445 g/mol. The van der Waals surface area contributed by atoms with E-state index in [0.717, 1.165) is 17.5 Å². The van der Waals surface area contributed by atoms with Gasteiger partial charge in [-0.05, 0) is 54.7 Å². The van der Waals surface area contributed by atoms with Gasteiger partial charge in [0.25, 0.3) is 0 Å². The molecule has 3 rings (SSSR count). The highest BCUT2D eigenvalue weighted by Gasteiger charge is 2.38. The number of amides is 2. The van der Waals surface area contributed by atoms with Crippen molar-refractivity contribution in [3.8, 4) is 11.5 Å². The second kappa shape index (κ2) is 10.1. The molecule has 2 amide bonds. The lowest BCUT2D eigenvalue weighted by Gasteiger charge is -2.30. The van der Waals surface area contributed by atoms with Crippen LogP contribution in [0.25, 0.3) is 0 Å². The summed E-state index contributed by atoms with van der Waals surface area (Å²) in [6.07, 6.45) is 2.85. The van der Waals surface area contributed by atoms with Gasteiger partial charge >= 0.3 is 0 Å². The first kappa shape index (κ1) is 22.9. The lowest BCUT2D eigenvalue weighted by atomic mass is 9.85. The summed E-state index contributed by atoms with van der Waals surface area (Å²) in [7, 11) is 4.97. The van der Waals surface area contributed by atoms with Crippen molar-refractivity contribution in [2.75, 3.05) is 21.3 Å². The van der Waals surface area contributed by atoms with Crippen LogP contribution in [0.15, 0.2) is 42.5 Å². The van der Waals surface area contributed by atoms with Gasteiger partial charge in [0.1, 0.15) is 0 Å². The molecule has 1 fully saturated rings. The largest absolute Gasteiger partial charge is 0.493 e. The highest BCUT2D eigenvalue weighted by molar-refractivity contribution is 6.30. The third-order valence-electron chi connectivity index (χ3n) is 5.80. The van der Waals surface area contributed by atoms with Gasteiger partial charge in [0.05, 0.1) is 14.2 Å². The number of carbonyl (C=O) groups excluding carboxylic acids is 2. The zero-order valence-corrected chi connectivity index (χ0v) is 19.0. The summed E-state index contributed by atoms with van der Waals surface area (Å²) in [5, 5.41) is 3.81. The van der Waals surface area contributed by atoms with Crippen LogP contribution in [0.3, 0.4) is 0 Å². The van der Waals surface area contributed by atoms with E-state index in [1.54, 1.807) is 26.2 Å². The molecule has 7 heteroatoms. The standard InChI is InChI=1S/C24H29ClN2O4/c1-27(16-18-6-9-20(30-2)21(14-18)31-3)23(29)11-13-24(12-10-22(28)26-24)15-17-4-7-19(25)8-5-17/h4-9,14H,10-13,15-16H2,1-3H3,(H,26,28)/t24-/m0/s1. The molecule has 0 unspecified atom stereocenters. The van der Waals surface area contributed by atoms with Crippen molar-refractivity contribution >= 4 is 23.4 Å². The molecule has 0 aromatic heterocycles. The number of hydrogen-bond acceptors (Lipinski definition) is 4. The van der Waals surface area contributed by atoms with Crippen LogP contribution < -0.4 is 14.8 Å². The lowest BCUT2D eigenvalue weighted by Crippen LogP contribution is -2.44. The summed E-state index contributed by atoms with van der Waals surface area (Å²) in [5.41, 5.74) is 1.65. The van der Waals surface area contributed by atoms with Crippen LogP contribution in [0.1, 0.15) is 36.8 Å². The molecule has 0 bridgehead atoms. The van der Waals surface area contributed by atoms with E-state index < -0.39 is 5.54 Å². The first-order valence-corrected chi connectivity index (χ1v) is 10.7. The van der Waals surface area contributed by atoms with Gasteiger partial charge in [-0.2, -0.15) is 0 Å². The summed E-state index contributed by atoms with van der Waals surface area (Å²) in [5.74, 6) is 1.37. The van der Waals surface area contributed by atoms with Crippen molar-refractivity contribution in [3.05, 3.63) is 58.6 Å². The zero-order chi connectivity index (χ0) is 22.4. The Kier molecular flexibility index (Phi) is 7.44. The second-order valence-corrected chi connectivity index (χ2v) is 8.51. The van der Waals surface area contributed by atoms with Gasteiger partial charge in [0, 0.05) is 37.0 Å². The molecule has 0 saturated carbocycles. The Morgan fingerprint density at radius 3 is 2.39 bits per heavy atom. The summed E-state index contributed by atoms with van der Waals surface area (Å²) >= 11 is 5.99. The molecule has 0 aliphatic carbocycles. The molecule has 1 saturated heterocycles. The number of nitrogens with zero attached hydrogens (tertiary/aromatic N) is 1. The quantitative estimate of drug-likeness (QED) is 0.635. The van der Waals surface area contributed by atoms with E-state index in [4.69, 9.17) is 21.1 Å². The van der Waals surface area contributed by atoms with Crippen LogP contribution in [-0.2, 0) is 22.6 Å². The Labute approximate surface area is 188 Å². The fourth-order valence-corrected chi connectivity index (χ4v) is 4.18. The molecular formula is C24H29ClN2O4. The molecular weight excluding hydrogens is 416 g/mol. The SMILES string of the molecule is COc1ccc(CN(C)C(=O)CC[C@]2(Cc3ccc(Cl)cc3)CCC(=O)N2)cc1OC. The Morgan fingerprint density at radius 2 is 1.77 bits per heavy atom. The molecule has 31 heavy (non-hydrogen) atoms.